The first kappa shape index (κ1) is 19.4. The lowest BCUT2D eigenvalue weighted by molar-refractivity contribution is -0.151. The monoisotopic (exact) mass is 350 g/mol. The van der Waals surface area contributed by atoms with Crippen LogP contribution in [-0.2, 0) is 14.3 Å². The quantitative estimate of drug-likeness (QED) is 0.740. The second kappa shape index (κ2) is 8.94. The van der Waals surface area contributed by atoms with Gasteiger partial charge in [0, 0.05) is 19.1 Å². The minimum absolute atomic E-state index is 0.00445. The molecule has 2 atom stereocenters. The Bertz CT molecular complexity index is 591. The molecule has 1 aliphatic rings. The van der Waals surface area contributed by atoms with Gasteiger partial charge < -0.3 is 9.64 Å². The minimum atomic E-state index is -0.270. The van der Waals surface area contributed by atoms with Crippen LogP contribution in [0.15, 0.2) is 24.3 Å². The van der Waals surface area contributed by atoms with Crippen LogP contribution < -0.4 is 0 Å². The molecule has 6 heteroatoms. The van der Waals surface area contributed by atoms with Crippen LogP contribution in [0, 0.1) is 11.7 Å². The van der Waals surface area contributed by atoms with E-state index >= 15 is 0 Å². The Morgan fingerprint density at radius 1 is 1.36 bits per heavy atom. The zero-order valence-electron chi connectivity index (χ0n) is 15.2. The van der Waals surface area contributed by atoms with E-state index in [4.69, 9.17) is 4.74 Å². The number of piperidine rings is 1. The molecule has 1 aliphatic heterocycles. The van der Waals surface area contributed by atoms with Crippen LogP contribution in [0.2, 0.25) is 0 Å². The van der Waals surface area contributed by atoms with Gasteiger partial charge in [-0.05, 0) is 51.4 Å². The van der Waals surface area contributed by atoms with Gasteiger partial charge in [-0.15, -0.1) is 0 Å². The molecule has 1 aromatic rings. The number of likely N-dealkylation sites (N-methyl/N-ethyl adjacent to an activating group) is 1. The molecule has 0 radical (unpaired) electrons. The van der Waals surface area contributed by atoms with Crippen molar-refractivity contribution >= 4 is 11.9 Å². The zero-order chi connectivity index (χ0) is 18.4. The van der Waals surface area contributed by atoms with Gasteiger partial charge in [0.1, 0.15) is 5.82 Å². The average Bonchev–Trinajstić information content (AvgIpc) is 2.62. The van der Waals surface area contributed by atoms with Crippen molar-refractivity contribution in [2.75, 3.05) is 33.3 Å². The molecule has 0 spiro atoms. The van der Waals surface area contributed by atoms with Crippen molar-refractivity contribution in [2.24, 2.45) is 5.92 Å². The van der Waals surface area contributed by atoms with Crippen molar-refractivity contribution in [1.82, 2.24) is 9.80 Å². The van der Waals surface area contributed by atoms with Crippen LogP contribution in [-0.4, -0.2) is 55.0 Å². The molecule has 0 bridgehead atoms. The lowest BCUT2D eigenvalue weighted by atomic mass is 9.98. The number of ether oxygens (including phenoxy) is 1. The fourth-order valence-corrected chi connectivity index (χ4v) is 3.10. The van der Waals surface area contributed by atoms with Crippen molar-refractivity contribution in [2.45, 2.75) is 32.7 Å². The van der Waals surface area contributed by atoms with Gasteiger partial charge >= 0.3 is 5.97 Å². The maximum Gasteiger partial charge on any atom is 0.310 e. The molecule has 1 aromatic carbocycles. The molecule has 138 valence electrons. The maximum absolute atomic E-state index is 13.0. The topological polar surface area (TPSA) is 49.9 Å². The van der Waals surface area contributed by atoms with E-state index in [1.54, 1.807) is 24.0 Å². The molecule has 2 rings (SSSR count). The lowest BCUT2D eigenvalue weighted by Gasteiger charge is -2.33. The standard InChI is InChI=1S/C19H27FN2O3/c1-4-25-19(24)16-6-5-11-22(12-16)18(23)13-21(3)14(2)15-7-9-17(20)10-8-15/h7-10,14,16H,4-6,11-13H2,1-3H3. The number of hydrogen-bond acceptors (Lipinski definition) is 4. The van der Waals surface area contributed by atoms with E-state index < -0.39 is 0 Å². The fraction of sp³-hybridized carbons (Fsp3) is 0.579. The Morgan fingerprint density at radius 2 is 2.04 bits per heavy atom. The van der Waals surface area contributed by atoms with Crippen molar-refractivity contribution in [3.05, 3.63) is 35.6 Å². The van der Waals surface area contributed by atoms with Crippen LogP contribution >= 0.6 is 0 Å². The molecule has 1 fully saturated rings. The predicted molar refractivity (Wildman–Crippen MR) is 93.4 cm³/mol. The maximum atomic E-state index is 13.0. The van der Waals surface area contributed by atoms with Crippen molar-refractivity contribution in [3.8, 4) is 0 Å². The number of benzene rings is 1. The van der Waals surface area contributed by atoms with E-state index in [-0.39, 0.29) is 36.2 Å². The third-order valence-corrected chi connectivity index (χ3v) is 4.79. The number of nitrogens with zero attached hydrogens (tertiary/aromatic N) is 2. The first-order valence-electron chi connectivity index (χ1n) is 8.82. The van der Waals surface area contributed by atoms with E-state index in [0.717, 1.165) is 18.4 Å². The molecule has 1 saturated heterocycles. The van der Waals surface area contributed by atoms with Gasteiger partial charge in [-0.3, -0.25) is 14.5 Å². The number of rotatable bonds is 6. The average molecular weight is 350 g/mol. The Labute approximate surface area is 148 Å². The summed E-state index contributed by atoms with van der Waals surface area (Å²) in [5.74, 6) is -0.705. The Balaban J connectivity index is 1.91. The highest BCUT2D eigenvalue weighted by Gasteiger charge is 2.30. The number of halogens is 1. The molecule has 25 heavy (non-hydrogen) atoms. The van der Waals surface area contributed by atoms with Gasteiger partial charge in [0.15, 0.2) is 0 Å². The third kappa shape index (κ3) is 5.26. The third-order valence-electron chi connectivity index (χ3n) is 4.79. The summed E-state index contributed by atoms with van der Waals surface area (Å²) < 4.78 is 18.1. The second-order valence-electron chi connectivity index (χ2n) is 6.57. The van der Waals surface area contributed by atoms with Crippen molar-refractivity contribution in [3.63, 3.8) is 0 Å². The SMILES string of the molecule is CCOC(=O)C1CCCN(C(=O)CN(C)C(C)c2ccc(F)cc2)C1. The first-order chi connectivity index (χ1) is 11.9. The van der Waals surface area contributed by atoms with Crippen LogP contribution in [0.25, 0.3) is 0 Å². The van der Waals surface area contributed by atoms with Gasteiger partial charge in [-0.1, -0.05) is 12.1 Å². The smallest absolute Gasteiger partial charge is 0.310 e. The highest BCUT2D eigenvalue weighted by atomic mass is 19.1. The summed E-state index contributed by atoms with van der Waals surface area (Å²) >= 11 is 0. The fourth-order valence-electron chi connectivity index (χ4n) is 3.10. The number of amides is 1. The largest absolute Gasteiger partial charge is 0.466 e. The van der Waals surface area contributed by atoms with Crippen LogP contribution in [0.5, 0.6) is 0 Å². The predicted octanol–water partition coefficient (Wildman–Crippen LogP) is 2.62. The molecule has 1 amide bonds. The van der Waals surface area contributed by atoms with Gasteiger partial charge in [0.05, 0.1) is 19.1 Å². The second-order valence-corrected chi connectivity index (χ2v) is 6.57. The molecule has 0 aliphatic carbocycles. The molecule has 0 saturated carbocycles. The Hall–Kier alpha value is -1.95. The van der Waals surface area contributed by atoms with Gasteiger partial charge in [0.2, 0.25) is 5.91 Å². The Kier molecular flexibility index (Phi) is 6.93. The zero-order valence-corrected chi connectivity index (χ0v) is 15.2. The number of carbonyl (C=O) groups excluding carboxylic acids is 2. The van der Waals surface area contributed by atoms with E-state index in [2.05, 4.69) is 0 Å². The van der Waals surface area contributed by atoms with Crippen molar-refractivity contribution in [1.29, 1.82) is 0 Å². The summed E-state index contributed by atoms with van der Waals surface area (Å²) in [6.07, 6.45) is 1.58. The minimum Gasteiger partial charge on any atom is -0.466 e. The highest BCUT2D eigenvalue weighted by molar-refractivity contribution is 5.80. The van der Waals surface area contributed by atoms with Crippen LogP contribution in [0.3, 0.4) is 0 Å². The molecule has 0 N–H and O–H groups in total. The van der Waals surface area contributed by atoms with Crippen LogP contribution in [0.1, 0.15) is 38.3 Å². The lowest BCUT2D eigenvalue weighted by Crippen LogP contribution is -2.46. The summed E-state index contributed by atoms with van der Waals surface area (Å²) in [5, 5.41) is 0. The molecular weight excluding hydrogens is 323 g/mol. The molecule has 0 aromatic heterocycles. The number of carbonyl (C=O) groups is 2. The number of esters is 1. The van der Waals surface area contributed by atoms with E-state index in [9.17, 15) is 14.0 Å². The molecule has 1 heterocycles. The summed E-state index contributed by atoms with van der Waals surface area (Å²) in [6.45, 7) is 5.49. The number of likely N-dealkylation sites (tertiary alicyclic amines) is 1. The molecule has 5 nitrogen and oxygen atoms in total. The van der Waals surface area contributed by atoms with E-state index in [0.29, 0.717) is 19.7 Å². The van der Waals surface area contributed by atoms with E-state index in [1.807, 2.05) is 18.9 Å². The molecular formula is C19H27FN2O3. The summed E-state index contributed by atoms with van der Waals surface area (Å²) in [6, 6.07) is 6.32. The molecule has 2 unspecified atom stereocenters. The highest BCUT2D eigenvalue weighted by Crippen LogP contribution is 2.21. The summed E-state index contributed by atoms with van der Waals surface area (Å²) in [4.78, 5) is 28.2. The van der Waals surface area contributed by atoms with Gasteiger partial charge in [-0.2, -0.15) is 0 Å². The number of hydrogen-bond donors (Lipinski definition) is 0. The van der Waals surface area contributed by atoms with E-state index in [1.165, 1.54) is 12.1 Å². The first-order valence-corrected chi connectivity index (χ1v) is 8.82. The normalized spacial score (nSPS) is 18.9. The van der Waals surface area contributed by atoms with Crippen LogP contribution in [0.4, 0.5) is 4.39 Å². The summed E-state index contributed by atoms with van der Waals surface area (Å²) in [5.41, 5.74) is 0.958. The van der Waals surface area contributed by atoms with Crippen molar-refractivity contribution < 1.29 is 18.7 Å². The Morgan fingerprint density at radius 3 is 2.68 bits per heavy atom. The van der Waals surface area contributed by atoms with Gasteiger partial charge in [-0.25, -0.2) is 4.39 Å². The van der Waals surface area contributed by atoms with Gasteiger partial charge in [0.25, 0.3) is 0 Å². The summed E-state index contributed by atoms with van der Waals surface area (Å²) in [7, 11) is 1.87.